The van der Waals surface area contributed by atoms with Crippen LogP contribution in [0.15, 0.2) is 24.3 Å². The van der Waals surface area contributed by atoms with Crippen molar-refractivity contribution in [2.24, 2.45) is 5.92 Å². The van der Waals surface area contributed by atoms with E-state index in [1.165, 1.54) is 0 Å². The van der Waals surface area contributed by atoms with Crippen molar-refractivity contribution in [1.82, 2.24) is 5.32 Å². The van der Waals surface area contributed by atoms with E-state index in [2.05, 4.69) is 5.32 Å². The molecule has 2 aliphatic rings. The third-order valence-corrected chi connectivity index (χ3v) is 5.32. The van der Waals surface area contributed by atoms with Gasteiger partial charge >= 0.3 is 11.9 Å². The first-order valence-electron chi connectivity index (χ1n) is 7.23. The van der Waals surface area contributed by atoms with Crippen molar-refractivity contribution in [2.75, 3.05) is 0 Å². The second kappa shape index (κ2) is 5.82. The number of carboxylic acids is 2. The molecule has 2 bridgehead atoms. The standard InChI is InChI=1S/C16H15Cl2NO4/c17-11-2-1-8(6-12(11)18)9-5-10-3-4-16(7-9,19-10)13(14(20)21)15(22)23/h1-2,6-7,10,13,19H,3-5H2,(H,20,21)(H,22,23). The zero-order valence-electron chi connectivity index (χ0n) is 12.1. The fraction of sp³-hybridized carbons (Fsp3) is 0.375. The summed E-state index contributed by atoms with van der Waals surface area (Å²) >= 11 is 12.0. The Morgan fingerprint density at radius 3 is 2.52 bits per heavy atom. The summed E-state index contributed by atoms with van der Waals surface area (Å²) in [4.78, 5) is 23.0. The molecule has 2 aliphatic heterocycles. The van der Waals surface area contributed by atoms with Crippen LogP contribution >= 0.6 is 23.2 Å². The first kappa shape index (κ1) is 16.3. The van der Waals surface area contributed by atoms with Gasteiger partial charge < -0.3 is 15.5 Å². The second-order valence-corrected chi connectivity index (χ2v) is 6.85. The first-order chi connectivity index (χ1) is 10.8. The lowest BCUT2D eigenvalue weighted by atomic mass is 9.79. The zero-order chi connectivity index (χ0) is 16.8. The van der Waals surface area contributed by atoms with E-state index in [0.717, 1.165) is 17.6 Å². The lowest BCUT2D eigenvalue weighted by molar-refractivity contribution is -0.157. The molecule has 0 aliphatic carbocycles. The third-order valence-electron chi connectivity index (χ3n) is 4.58. The van der Waals surface area contributed by atoms with Gasteiger partial charge in [-0.15, -0.1) is 0 Å². The molecule has 2 heterocycles. The van der Waals surface area contributed by atoms with Crippen LogP contribution in [0.25, 0.3) is 5.57 Å². The minimum absolute atomic E-state index is 0.0608. The summed E-state index contributed by atoms with van der Waals surface area (Å²) in [7, 11) is 0. The maximum atomic E-state index is 11.5. The summed E-state index contributed by atoms with van der Waals surface area (Å²) in [6, 6.07) is 5.29. The maximum absolute atomic E-state index is 11.5. The molecular formula is C16H15Cl2NO4. The number of benzene rings is 1. The van der Waals surface area contributed by atoms with Gasteiger partial charge in [0.15, 0.2) is 5.92 Å². The van der Waals surface area contributed by atoms with Gasteiger partial charge in [0.25, 0.3) is 0 Å². The smallest absolute Gasteiger partial charge is 0.320 e. The van der Waals surface area contributed by atoms with Crippen LogP contribution in [0, 0.1) is 5.92 Å². The number of halogens is 2. The molecule has 0 spiro atoms. The molecule has 2 atom stereocenters. The summed E-state index contributed by atoms with van der Waals surface area (Å²) in [6.07, 6.45) is 3.67. The van der Waals surface area contributed by atoms with Gasteiger partial charge in [0.2, 0.25) is 0 Å². The van der Waals surface area contributed by atoms with Crippen molar-refractivity contribution in [3.8, 4) is 0 Å². The second-order valence-electron chi connectivity index (χ2n) is 6.03. The molecule has 0 aromatic heterocycles. The SMILES string of the molecule is O=C(O)C(C(=O)O)C12C=C(c3ccc(Cl)c(Cl)c3)CC(CC1)N2. The Bertz CT molecular complexity index is 704. The Labute approximate surface area is 142 Å². The van der Waals surface area contributed by atoms with Gasteiger partial charge in [0, 0.05) is 6.04 Å². The van der Waals surface area contributed by atoms with Crippen LogP contribution in [0.5, 0.6) is 0 Å². The van der Waals surface area contributed by atoms with Crippen LogP contribution in [0.4, 0.5) is 0 Å². The number of rotatable bonds is 4. The molecule has 0 amide bonds. The Balaban J connectivity index is 2.06. The van der Waals surface area contributed by atoms with Gasteiger partial charge in [-0.2, -0.15) is 0 Å². The molecular weight excluding hydrogens is 341 g/mol. The van der Waals surface area contributed by atoms with Crippen molar-refractivity contribution in [2.45, 2.75) is 30.8 Å². The number of carboxylic acid groups (broad SMARTS) is 2. The highest BCUT2D eigenvalue weighted by Gasteiger charge is 2.52. The van der Waals surface area contributed by atoms with Gasteiger partial charge in [-0.05, 0) is 42.5 Å². The molecule has 1 aromatic rings. The molecule has 2 unspecified atom stereocenters. The normalized spacial score (nSPS) is 26.2. The van der Waals surface area contributed by atoms with E-state index < -0.39 is 23.4 Å². The Morgan fingerprint density at radius 1 is 1.22 bits per heavy atom. The summed E-state index contributed by atoms with van der Waals surface area (Å²) < 4.78 is 0. The highest BCUT2D eigenvalue weighted by molar-refractivity contribution is 6.42. The van der Waals surface area contributed by atoms with E-state index in [1.807, 2.05) is 6.07 Å². The predicted octanol–water partition coefficient (Wildman–Crippen LogP) is 3.06. The van der Waals surface area contributed by atoms with Crippen LogP contribution < -0.4 is 5.32 Å². The Morgan fingerprint density at radius 2 is 1.91 bits per heavy atom. The highest BCUT2D eigenvalue weighted by atomic mass is 35.5. The number of fused-ring (bicyclic) bond motifs is 2. The van der Waals surface area contributed by atoms with Gasteiger partial charge in [-0.1, -0.05) is 35.3 Å². The summed E-state index contributed by atoms with van der Waals surface area (Å²) in [6.45, 7) is 0. The molecule has 0 radical (unpaired) electrons. The van der Waals surface area contributed by atoms with Crippen LogP contribution in [0.3, 0.4) is 0 Å². The minimum atomic E-state index is -1.52. The van der Waals surface area contributed by atoms with Crippen LogP contribution in [-0.2, 0) is 9.59 Å². The third kappa shape index (κ3) is 2.84. The van der Waals surface area contributed by atoms with Crippen molar-refractivity contribution >= 4 is 40.7 Å². The Hall–Kier alpha value is -1.56. The Kier molecular flexibility index (Phi) is 4.12. The molecule has 5 nitrogen and oxygen atoms in total. The monoisotopic (exact) mass is 355 g/mol. The fourth-order valence-electron chi connectivity index (χ4n) is 3.59. The van der Waals surface area contributed by atoms with E-state index in [4.69, 9.17) is 23.2 Å². The average Bonchev–Trinajstić information content (AvgIpc) is 2.76. The zero-order valence-corrected chi connectivity index (χ0v) is 13.6. The van der Waals surface area contributed by atoms with Gasteiger partial charge in [-0.3, -0.25) is 9.59 Å². The quantitative estimate of drug-likeness (QED) is 0.722. The molecule has 3 rings (SSSR count). The number of carbonyl (C=O) groups is 2. The minimum Gasteiger partial charge on any atom is -0.481 e. The molecule has 1 aromatic carbocycles. The molecule has 1 saturated heterocycles. The molecule has 23 heavy (non-hydrogen) atoms. The number of nitrogens with one attached hydrogen (secondary N) is 1. The van der Waals surface area contributed by atoms with Crippen molar-refractivity contribution in [1.29, 1.82) is 0 Å². The first-order valence-corrected chi connectivity index (χ1v) is 7.98. The molecule has 1 fully saturated rings. The topological polar surface area (TPSA) is 86.6 Å². The number of hydrogen-bond acceptors (Lipinski definition) is 3. The van der Waals surface area contributed by atoms with Gasteiger partial charge in [0.1, 0.15) is 0 Å². The van der Waals surface area contributed by atoms with Crippen LogP contribution in [-0.4, -0.2) is 33.7 Å². The molecule has 122 valence electrons. The molecule has 0 saturated carbocycles. The number of aliphatic carboxylic acids is 2. The predicted molar refractivity (Wildman–Crippen MR) is 86.7 cm³/mol. The molecule has 7 heteroatoms. The average molecular weight is 356 g/mol. The van der Waals surface area contributed by atoms with Gasteiger partial charge in [0.05, 0.1) is 15.6 Å². The van der Waals surface area contributed by atoms with Crippen molar-refractivity contribution < 1.29 is 19.8 Å². The molecule has 3 N–H and O–H groups in total. The summed E-state index contributed by atoms with van der Waals surface area (Å²) in [5, 5.41) is 22.8. The number of hydrogen-bond donors (Lipinski definition) is 3. The van der Waals surface area contributed by atoms with Crippen LogP contribution in [0.2, 0.25) is 10.0 Å². The van der Waals surface area contributed by atoms with E-state index in [0.29, 0.717) is 22.9 Å². The lowest BCUT2D eigenvalue weighted by Crippen LogP contribution is -2.55. The van der Waals surface area contributed by atoms with Gasteiger partial charge in [-0.25, -0.2) is 0 Å². The van der Waals surface area contributed by atoms with Crippen molar-refractivity contribution in [3.05, 3.63) is 39.9 Å². The fourth-order valence-corrected chi connectivity index (χ4v) is 3.89. The summed E-state index contributed by atoms with van der Waals surface area (Å²) in [5.41, 5.74) is 0.672. The maximum Gasteiger partial charge on any atom is 0.320 e. The van der Waals surface area contributed by atoms with E-state index in [9.17, 15) is 19.8 Å². The summed E-state index contributed by atoms with van der Waals surface area (Å²) in [5.74, 6) is -4.19. The van der Waals surface area contributed by atoms with Crippen molar-refractivity contribution in [3.63, 3.8) is 0 Å². The van der Waals surface area contributed by atoms with E-state index >= 15 is 0 Å². The largest absolute Gasteiger partial charge is 0.481 e. The lowest BCUT2D eigenvalue weighted by Gasteiger charge is -2.35. The van der Waals surface area contributed by atoms with Crippen LogP contribution in [0.1, 0.15) is 24.8 Å². The van der Waals surface area contributed by atoms with E-state index in [1.54, 1.807) is 18.2 Å². The van der Waals surface area contributed by atoms with E-state index in [-0.39, 0.29) is 6.04 Å². The highest BCUT2D eigenvalue weighted by Crippen LogP contribution is 2.43.